The lowest BCUT2D eigenvalue weighted by molar-refractivity contribution is -0.384. The minimum Gasteiger partial charge on any atom is -0.497 e. The summed E-state index contributed by atoms with van der Waals surface area (Å²) in [5, 5.41) is 10.6. The molecule has 2 rings (SSSR count). The smallest absolute Gasteiger partial charge is 0.316 e. The summed E-state index contributed by atoms with van der Waals surface area (Å²) in [5.74, 6) is -0.206. The Balaban J connectivity index is 1.77. The van der Waals surface area contributed by atoms with Crippen LogP contribution in [-0.2, 0) is 9.53 Å². The summed E-state index contributed by atoms with van der Waals surface area (Å²) in [4.78, 5) is 34.4. The van der Waals surface area contributed by atoms with Crippen LogP contribution in [0.25, 0.3) is 0 Å². The van der Waals surface area contributed by atoms with Crippen LogP contribution < -0.4 is 4.74 Å². The van der Waals surface area contributed by atoms with Crippen molar-refractivity contribution in [2.75, 3.05) is 19.5 Å². The van der Waals surface area contributed by atoms with Crippen LogP contribution in [0, 0.1) is 10.1 Å². The number of nitro groups is 1. The number of rotatable bonds is 8. The molecule has 0 saturated heterocycles. The van der Waals surface area contributed by atoms with Crippen molar-refractivity contribution in [2.45, 2.75) is 4.90 Å². The average Bonchev–Trinajstić information content (AvgIpc) is 2.64. The molecule has 2 aromatic carbocycles. The van der Waals surface area contributed by atoms with E-state index in [1.165, 1.54) is 31.0 Å². The van der Waals surface area contributed by atoms with Crippen molar-refractivity contribution in [1.82, 2.24) is 0 Å². The van der Waals surface area contributed by atoms with Gasteiger partial charge in [0.15, 0.2) is 12.4 Å². The number of methoxy groups -OCH3 is 1. The van der Waals surface area contributed by atoms with Crippen molar-refractivity contribution in [3.8, 4) is 5.75 Å². The molecule has 0 unspecified atom stereocenters. The molecule has 7 nitrogen and oxygen atoms in total. The van der Waals surface area contributed by atoms with Crippen molar-refractivity contribution in [3.05, 3.63) is 64.2 Å². The monoisotopic (exact) mass is 361 g/mol. The lowest BCUT2D eigenvalue weighted by atomic mass is 10.1. The largest absolute Gasteiger partial charge is 0.497 e. The van der Waals surface area contributed by atoms with E-state index in [0.717, 1.165) is 0 Å². The molecule has 0 spiro atoms. The van der Waals surface area contributed by atoms with Crippen LogP contribution in [0.5, 0.6) is 5.75 Å². The Morgan fingerprint density at radius 1 is 1.08 bits per heavy atom. The number of ketones is 1. The maximum absolute atomic E-state index is 11.9. The molecule has 0 aliphatic heterocycles. The zero-order valence-electron chi connectivity index (χ0n) is 13.3. The molecular formula is C17H15NO6S. The van der Waals surface area contributed by atoms with Crippen LogP contribution in [0.15, 0.2) is 53.4 Å². The molecule has 0 atom stereocenters. The summed E-state index contributed by atoms with van der Waals surface area (Å²) in [5.41, 5.74) is 0.411. The molecule has 130 valence electrons. The van der Waals surface area contributed by atoms with Crippen LogP contribution in [0.2, 0.25) is 0 Å². The van der Waals surface area contributed by atoms with Gasteiger partial charge < -0.3 is 9.47 Å². The zero-order chi connectivity index (χ0) is 18.2. The first kappa shape index (κ1) is 18.5. The molecule has 0 aromatic heterocycles. The predicted molar refractivity (Wildman–Crippen MR) is 92.1 cm³/mol. The summed E-state index contributed by atoms with van der Waals surface area (Å²) >= 11 is 1.18. The van der Waals surface area contributed by atoms with Crippen molar-refractivity contribution < 1.29 is 24.0 Å². The lowest BCUT2D eigenvalue weighted by Crippen LogP contribution is -2.15. The number of thioether (sulfide) groups is 1. The molecule has 0 bridgehead atoms. The predicted octanol–water partition coefficient (Wildman–Crippen LogP) is 3.12. The van der Waals surface area contributed by atoms with Crippen molar-refractivity contribution in [1.29, 1.82) is 0 Å². The molecule has 0 heterocycles. The first-order valence-electron chi connectivity index (χ1n) is 7.19. The average molecular weight is 361 g/mol. The van der Waals surface area contributed by atoms with E-state index in [1.54, 1.807) is 36.4 Å². The van der Waals surface area contributed by atoms with Gasteiger partial charge >= 0.3 is 5.97 Å². The third-order valence-electron chi connectivity index (χ3n) is 3.18. The molecule has 0 radical (unpaired) electrons. The van der Waals surface area contributed by atoms with Gasteiger partial charge in [0.25, 0.3) is 5.69 Å². The second-order valence-electron chi connectivity index (χ2n) is 4.85. The summed E-state index contributed by atoms with van der Waals surface area (Å²) in [6.45, 7) is -0.341. The van der Waals surface area contributed by atoms with Crippen LogP contribution in [-0.4, -0.2) is 36.1 Å². The van der Waals surface area contributed by atoms with Crippen LogP contribution in [0.3, 0.4) is 0 Å². The summed E-state index contributed by atoms with van der Waals surface area (Å²) in [6.07, 6.45) is 0. The fourth-order valence-corrected chi connectivity index (χ4v) is 2.55. The zero-order valence-corrected chi connectivity index (χ0v) is 14.2. The van der Waals surface area contributed by atoms with E-state index in [1.807, 2.05) is 0 Å². The minimum atomic E-state index is -0.537. The Labute approximate surface area is 148 Å². The number of hydrogen-bond donors (Lipinski definition) is 0. The highest BCUT2D eigenvalue weighted by Gasteiger charge is 2.11. The van der Waals surface area contributed by atoms with Gasteiger partial charge in [0, 0.05) is 22.6 Å². The van der Waals surface area contributed by atoms with Crippen molar-refractivity contribution in [3.63, 3.8) is 0 Å². The lowest BCUT2D eigenvalue weighted by Gasteiger charge is -2.05. The summed E-state index contributed by atoms with van der Waals surface area (Å²) in [7, 11) is 1.53. The Bertz CT molecular complexity index is 758. The van der Waals surface area contributed by atoms with E-state index in [4.69, 9.17) is 9.47 Å². The number of carbonyl (C=O) groups excluding carboxylic acids is 2. The van der Waals surface area contributed by atoms with Crippen molar-refractivity contribution in [2.24, 2.45) is 0 Å². The van der Waals surface area contributed by atoms with Gasteiger partial charge in [-0.15, -0.1) is 11.8 Å². The van der Waals surface area contributed by atoms with E-state index in [2.05, 4.69) is 0 Å². The topological polar surface area (TPSA) is 95.7 Å². The van der Waals surface area contributed by atoms with Crippen molar-refractivity contribution >= 4 is 29.2 Å². The summed E-state index contributed by atoms with van der Waals surface area (Å²) in [6, 6.07) is 12.3. The van der Waals surface area contributed by atoms with E-state index < -0.39 is 10.9 Å². The molecule has 0 aliphatic rings. The number of non-ortho nitro benzene ring substituents is 1. The highest BCUT2D eigenvalue weighted by molar-refractivity contribution is 8.00. The second kappa shape index (κ2) is 8.84. The Morgan fingerprint density at radius 3 is 2.28 bits per heavy atom. The first-order chi connectivity index (χ1) is 12.0. The molecule has 0 amide bonds. The fourth-order valence-electron chi connectivity index (χ4n) is 1.85. The fraction of sp³-hybridized carbons (Fsp3) is 0.176. The Kier molecular flexibility index (Phi) is 6.53. The quantitative estimate of drug-likeness (QED) is 0.234. The number of nitro benzene ring substituents is 1. The van der Waals surface area contributed by atoms with E-state index >= 15 is 0 Å². The molecule has 0 saturated carbocycles. The molecule has 0 fully saturated rings. The molecule has 0 aliphatic carbocycles. The first-order valence-corrected chi connectivity index (χ1v) is 8.18. The minimum absolute atomic E-state index is 0.00764. The van der Waals surface area contributed by atoms with Gasteiger partial charge in [0.1, 0.15) is 5.75 Å². The molecule has 25 heavy (non-hydrogen) atoms. The van der Waals surface area contributed by atoms with E-state index in [9.17, 15) is 19.7 Å². The van der Waals surface area contributed by atoms with Crippen LogP contribution in [0.4, 0.5) is 5.69 Å². The third kappa shape index (κ3) is 5.61. The summed E-state index contributed by atoms with van der Waals surface area (Å²) < 4.78 is 9.95. The van der Waals surface area contributed by atoms with Gasteiger partial charge in [0.05, 0.1) is 17.8 Å². The molecule has 0 N–H and O–H groups in total. The Hall–Kier alpha value is -2.87. The van der Waals surface area contributed by atoms with Gasteiger partial charge in [-0.05, 0) is 36.4 Å². The number of ether oxygens (including phenoxy) is 2. The Morgan fingerprint density at radius 2 is 1.72 bits per heavy atom. The highest BCUT2D eigenvalue weighted by atomic mass is 32.2. The number of hydrogen-bond acceptors (Lipinski definition) is 7. The van der Waals surface area contributed by atoms with Gasteiger partial charge in [-0.3, -0.25) is 19.7 Å². The third-order valence-corrected chi connectivity index (χ3v) is 4.17. The van der Waals surface area contributed by atoms with Gasteiger partial charge in [-0.25, -0.2) is 0 Å². The number of esters is 1. The molecule has 8 heteroatoms. The normalized spacial score (nSPS) is 10.1. The standard InChI is InChI=1S/C17H15NO6S/c1-23-14-6-2-12(3-7-14)16(19)10-24-17(20)11-25-15-8-4-13(5-9-15)18(21)22/h2-9H,10-11H2,1H3. The molecular weight excluding hydrogens is 346 g/mol. The second-order valence-corrected chi connectivity index (χ2v) is 5.90. The highest BCUT2D eigenvalue weighted by Crippen LogP contribution is 2.21. The molecule has 2 aromatic rings. The van der Waals surface area contributed by atoms with E-state index in [0.29, 0.717) is 16.2 Å². The number of nitrogens with zero attached hydrogens (tertiary/aromatic N) is 1. The van der Waals surface area contributed by atoms with Crippen LogP contribution in [0.1, 0.15) is 10.4 Å². The SMILES string of the molecule is COc1ccc(C(=O)COC(=O)CSc2ccc([N+](=O)[O-])cc2)cc1. The number of carbonyl (C=O) groups is 2. The maximum Gasteiger partial charge on any atom is 0.316 e. The van der Waals surface area contributed by atoms with Crippen LogP contribution >= 0.6 is 11.8 Å². The van der Waals surface area contributed by atoms with Gasteiger partial charge in [-0.2, -0.15) is 0 Å². The van der Waals surface area contributed by atoms with Gasteiger partial charge in [-0.1, -0.05) is 0 Å². The maximum atomic E-state index is 11.9. The number of Topliss-reactive ketones (excluding diaryl/α,β-unsaturated/α-hetero) is 1. The number of benzene rings is 2. The van der Waals surface area contributed by atoms with Gasteiger partial charge in [0.2, 0.25) is 0 Å². The van der Waals surface area contributed by atoms with E-state index in [-0.39, 0.29) is 23.8 Å².